The molecule has 5 nitrogen and oxygen atoms in total. The van der Waals surface area contributed by atoms with Crippen LogP contribution in [0.3, 0.4) is 0 Å². The Balaban J connectivity index is 1.41. The molecular formula is C25H19Cl2NO4. The Morgan fingerprint density at radius 2 is 1.97 bits per heavy atom. The maximum atomic E-state index is 13.0. The van der Waals surface area contributed by atoms with E-state index in [0.717, 1.165) is 22.4 Å². The number of Topliss-reactive ketones (excluding diaryl/α,β-unsaturated/α-hetero) is 1. The van der Waals surface area contributed by atoms with E-state index in [-0.39, 0.29) is 11.5 Å². The van der Waals surface area contributed by atoms with Gasteiger partial charge in [0.1, 0.15) is 24.0 Å². The third kappa shape index (κ3) is 3.95. The molecule has 0 radical (unpaired) electrons. The lowest BCUT2D eigenvalue weighted by molar-refractivity contribution is 0.0873. The summed E-state index contributed by atoms with van der Waals surface area (Å²) in [5.41, 5.74) is 3.25. The number of allylic oxidation sites excluding steroid dienone is 1. The van der Waals surface area contributed by atoms with Crippen LogP contribution in [-0.4, -0.2) is 24.5 Å². The SMILES string of the molecule is COc1cccc(/C=C2\Oc3c(ccc4c3CN(Cc3ccc(Cl)c(Cl)c3)CO4)C2=O)c1. The largest absolute Gasteiger partial charge is 0.497 e. The zero-order chi connectivity index (χ0) is 22.2. The van der Waals surface area contributed by atoms with Gasteiger partial charge in [-0.05, 0) is 53.6 Å². The number of rotatable bonds is 4. The first-order valence-corrected chi connectivity index (χ1v) is 10.8. The molecule has 7 heteroatoms. The number of nitrogens with zero attached hydrogens (tertiary/aromatic N) is 1. The van der Waals surface area contributed by atoms with Crippen molar-refractivity contribution in [2.45, 2.75) is 13.1 Å². The first-order chi connectivity index (χ1) is 15.5. The normalized spacial score (nSPS) is 16.3. The summed E-state index contributed by atoms with van der Waals surface area (Å²) in [4.78, 5) is 15.1. The summed E-state index contributed by atoms with van der Waals surface area (Å²) >= 11 is 12.2. The molecule has 0 aromatic heterocycles. The molecule has 3 aromatic carbocycles. The lowest BCUT2D eigenvalue weighted by Crippen LogP contribution is -2.31. The van der Waals surface area contributed by atoms with Gasteiger partial charge in [-0.15, -0.1) is 0 Å². The second-order valence-electron chi connectivity index (χ2n) is 7.64. The van der Waals surface area contributed by atoms with Crippen molar-refractivity contribution in [1.82, 2.24) is 4.90 Å². The molecule has 0 fully saturated rings. The van der Waals surface area contributed by atoms with Crippen LogP contribution in [0.1, 0.15) is 27.0 Å². The number of hydrogen-bond acceptors (Lipinski definition) is 5. The molecule has 0 amide bonds. The van der Waals surface area contributed by atoms with Crippen molar-refractivity contribution < 1.29 is 19.0 Å². The molecule has 5 rings (SSSR count). The fourth-order valence-electron chi connectivity index (χ4n) is 3.88. The van der Waals surface area contributed by atoms with E-state index in [4.69, 9.17) is 37.4 Å². The number of fused-ring (bicyclic) bond motifs is 3. The Bertz CT molecular complexity index is 1250. The minimum absolute atomic E-state index is 0.146. The molecule has 0 unspecified atom stereocenters. The predicted octanol–water partition coefficient (Wildman–Crippen LogP) is 5.97. The van der Waals surface area contributed by atoms with E-state index in [0.29, 0.717) is 46.9 Å². The Kier molecular flexibility index (Phi) is 5.55. The molecule has 0 N–H and O–H groups in total. The third-order valence-corrected chi connectivity index (χ3v) is 6.20. The Morgan fingerprint density at radius 1 is 1.09 bits per heavy atom. The van der Waals surface area contributed by atoms with E-state index in [2.05, 4.69) is 4.90 Å². The Morgan fingerprint density at radius 3 is 2.78 bits per heavy atom. The van der Waals surface area contributed by atoms with Crippen molar-refractivity contribution in [3.8, 4) is 17.2 Å². The summed E-state index contributed by atoms with van der Waals surface area (Å²) in [7, 11) is 1.61. The summed E-state index contributed by atoms with van der Waals surface area (Å²) in [6, 6.07) is 16.6. The van der Waals surface area contributed by atoms with Gasteiger partial charge in [0.15, 0.2) is 5.76 Å². The second kappa shape index (κ2) is 8.51. The van der Waals surface area contributed by atoms with Crippen LogP contribution in [0.15, 0.2) is 60.4 Å². The number of ketones is 1. The zero-order valence-electron chi connectivity index (χ0n) is 17.2. The van der Waals surface area contributed by atoms with Gasteiger partial charge in [0.25, 0.3) is 0 Å². The summed E-state index contributed by atoms with van der Waals surface area (Å²) in [6.45, 7) is 1.63. The van der Waals surface area contributed by atoms with E-state index in [1.54, 1.807) is 25.3 Å². The van der Waals surface area contributed by atoms with E-state index in [1.807, 2.05) is 42.5 Å². The van der Waals surface area contributed by atoms with Crippen molar-refractivity contribution in [3.63, 3.8) is 0 Å². The summed E-state index contributed by atoms with van der Waals surface area (Å²) < 4.78 is 17.3. The van der Waals surface area contributed by atoms with Crippen LogP contribution in [0.5, 0.6) is 17.2 Å². The molecule has 0 aliphatic carbocycles. The number of ether oxygens (including phenoxy) is 3. The minimum Gasteiger partial charge on any atom is -0.497 e. The van der Waals surface area contributed by atoms with Gasteiger partial charge in [0.2, 0.25) is 5.78 Å². The van der Waals surface area contributed by atoms with Gasteiger partial charge in [-0.2, -0.15) is 0 Å². The lowest BCUT2D eigenvalue weighted by atomic mass is 10.0. The number of hydrogen-bond donors (Lipinski definition) is 0. The van der Waals surface area contributed by atoms with Gasteiger partial charge in [-0.1, -0.05) is 41.4 Å². The quantitative estimate of drug-likeness (QED) is 0.442. The topological polar surface area (TPSA) is 48.0 Å². The van der Waals surface area contributed by atoms with Crippen LogP contribution in [0.4, 0.5) is 0 Å². The van der Waals surface area contributed by atoms with Crippen LogP contribution < -0.4 is 14.2 Å². The van der Waals surface area contributed by atoms with Crippen LogP contribution in [-0.2, 0) is 13.1 Å². The van der Waals surface area contributed by atoms with Crippen LogP contribution in [0.25, 0.3) is 6.08 Å². The van der Waals surface area contributed by atoms with Crippen molar-refractivity contribution in [3.05, 3.63) is 92.7 Å². The molecule has 0 spiro atoms. The molecule has 2 aliphatic rings. The van der Waals surface area contributed by atoms with Gasteiger partial charge >= 0.3 is 0 Å². The molecule has 32 heavy (non-hydrogen) atoms. The highest BCUT2D eigenvalue weighted by molar-refractivity contribution is 6.42. The average Bonchev–Trinajstić information content (AvgIpc) is 3.12. The first kappa shape index (κ1) is 20.9. The Hall–Kier alpha value is -2.99. The standard InChI is InChI=1S/C25H19Cl2NO4/c1-30-17-4-2-3-15(9-17)11-23-24(29)18-6-8-22-19(25(18)32-23)13-28(14-31-22)12-16-5-7-20(26)21(27)10-16/h2-11H,12-14H2,1H3/b23-11-. The minimum atomic E-state index is -0.146. The van der Waals surface area contributed by atoms with Gasteiger partial charge in [0, 0.05) is 13.1 Å². The van der Waals surface area contributed by atoms with E-state index < -0.39 is 0 Å². The van der Waals surface area contributed by atoms with Crippen molar-refractivity contribution in [2.24, 2.45) is 0 Å². The number of benzene rings is 3. The van der Waals surface area contributed by atoms with Gasteiger partial charge in [-0.3, -0.25) is 9.69 Å². The summed E-state index contributed by atoms with van der Waals surface area (Å²) in [5.74, 6) is 2.13. The number of methoxy groups -OCH3 is 1. The van der Waals surface area contributed by atoms with E-state index in [9.17, 15) is 4.79 Å². The fourth-order valence-corrected chi connectivity index (χ4v) is 4.21. The molecule has 0 saturated carbocycles. The summed E-state index contributed by atoms with van der Waals surface area (Å²) in [5, 5.41) is 1.04. The molecule has 0 atom stereocenters. The highest BCUT2D eigenvalue weighted by Gasteiger charge is 2.33. The van der Waals surface area contributed by atoms with Crippen LogP contribution in [0, 0.1) is 0 Å². The van der Waals surface area contributed by atoms with Gasteiger partial charge in [-0.25, -0.2) is 0 Å². The van der Waals surface area contributed by atoms with Crippen LogP contribution in [0.2, 0.25) is 10.0 Å². The van der Waals surface area contributed by atoms with E-state index >= 15 is 0 Å². The monoisotopic (exact) mass is 467 g/mol. The number of carbonyl (C=O) groups excluding carboxylic acids is 1. The molecule has 2 heterocycles. The third-order valence-electron chi connectivity index (χ3n) is 5.46. The highest BCUT2D eigenvalue weighted by Crippen LogP contribution is 2.42. The van der Waals surface area contributed by atoms with Crippen molar-refractivity contribution in [2.75, 3.05) is 13.8 Å². The first-order valence-electron chi connectivity index (χ1n) is 10.0. The molecule has 3 aromatic rings. The van der Waals surface area contributed by atoms with Gasteiger partial charge in [0.05, 0.1) is 28.3 Å². The van der Waals surface area contributed by atoms with Crippen LogP contribution >= 0.6 is 23.2 Å². The molecule has 0 saturated heterocycles. The number of halogens is 2. The molecule has 162 valence electrons. The Labute approximate surface area is 195 Å². The van der Waals surface area contributed by atoms with Gasteiger partial charge < -0.3 is 14.2 Å². The molecule has 2 aliphatic heterocycles. The molecule has 0 bridgehead atoms. The summed E-state index contributed by atoms with van der Waals surface area (Å²) in [6.07, 6.45) is 1.73. The van der Waals surface area contributed by atoms with Crippen molar-refractivity contribution >= 4 is 35.1 Å². The number of carbonyl (C=O) groups is 1. The zero-order valence-corrected chi connectivity index (χ0v) is 18.7. The predicted molar refractivity (Wildman–Crippen MR) is 124 cm³/mol. The maximum Gasteiger partial charge on any atom is 0.231 e. The fraction of sp³-hybridized carbons (Fsp3) is 0.160. The maximum absolute atomic E-state index is 13.0. The smallest absolute Gasteiger partial charge is 0.231 e. The lowest BCUT2D eigenvalue weighted by Gasteiger charge is -2.29. The van der Waals surface area contributed by atoms with Crippen molar-refractivity contribution in [1.29, 1.82) is 0 Å². The average molecular weight is 468 g/mol. The molecular weight excluding hydrogens is 449 g/mol. The second-order valence-corrected chi connectivity index (χ2v) is 8.46. The van der Waals surface area contributed by atoms with E-state index in [1.165, 1.54) is 0 Å². The highest BCUT2D eigenvalue weighted by atomic mass is 35.5.